The summed E-state index contributed by atoms with van der Waals surface area (Å²) in [6.07, 6.45) is 2.14. The molecule has 10 nitrogen and oxygen atoms in total. The summed E-state index contributed by atoms with van der Waals surface area (Å²) >= 11 is 0. The van der Waals surface area contributed by atoms with E-state index in [-0.39, 0.29) is 18.4 Å². The highest BCUT2D eigenvalue weighted by Crippen LogP contribution is 2.36. The van der Waals surface area contributed by atoms with Crippen LogP contribution in [0.3, 0.4) is 0 Å². The summed E-state index contributed by atoms with van der Waals surface area (Å²) < 4.78 is 18.0. The topological polar surface area (TPSA) is 107 Å². The number of H-pyrrole nitrogens is 1. The van der Waals surface area contributed by atoms with E-state index in [0.717, 1.165) is 42.6 Å². The zero-order valence-corrected chi connectivity index (χ0v) is 18.7. The van der Waals surface area contributed by atoms with Gasteiger partial charge in [-0.15, -0.1) is 5.10 Å². The number of tetrazole rings is 1. The van der Waals surface area contributed by atoms with Gasteiger partial charge in [-0.1, -0.05) is 12.1 Å². The summed E-state index contributed by atoms with van der Waals surface area (Å²) in [7, 11) is 1.64. The Morgan fingerprint density at radius 1 is 1.09 bits per heavy atom. The highest BCUT2D eigenvalue weighted by atomic mass is 16.7. The fourth-order valence-electron chi connectivity index (χ4n) is 4.74. The van der Waals surface area contributed by atoms with Crippen LogP contribution < -0.4 is 19.8 Å². The maximum atomic E-state index is 13.3. The zero-order valence-electron chi connectivity index (χ0n) is 18.7. The number of hydrogen-bond donors (Lipinski definition) is 1. The standard InChI is InChI=1S/C24H24N6O4/c1-32-17-6-4-15(5-7-17)13-30-23(26-27-28-30)22(29-8-2-3-9-29)18-10-16-11-20-21(34-14-33-20)12-19(16)25-24(18)31/h4-7,10-12,22H,2-3,8-9,13-14H2,1H3,(H,25,31). The summed E-state index contributed by atoms with van der Waals surface area (Å²) in [5.74, 6) is 2.74. The van der Waals surface area contributed by atoms with E-state index in [2.05, 4.69) is 25.4 Å². The third kappa shape index (κ3) is 3.65. The van der Waals surface area contributed by atoms with Gasteiger partial charge >= 0.3 is 0 Å². The van der Waals surface area contributed by atoms with E-state index in [4.69, 9.17) is 14.2 Å². The van der Waals surface area contributed by atoms with Crippen molar-refractivity contribution in [1.29, 1.82) is 0 Å². The summed E-state index contributed by atoms with van der Waals surface area (Å²) in [6, 6.07) is 13.1. The molecule has 0 saturated carbocycles. The zero-order chi connectivity index (χ0) is 23.1. The lowest BCUT2D eigenvalue weighted by Crippen LogP contribution is -2.33. The number of ether oxygens (including phenoxy) is 3. The van der Waals surface area contributed by atoms with E-state index in [9.17, 15) is 4.79 Å². The van der Waals surface area contributed by atoms with Crippen molar-refractivity contribution < 1.29 is 14.2 Å². The molecule has 2 aromatic carbocycles. The van der Waals surface area contributed by atoms with Gasteiger partial charge in [0, 0.05) is 17.0 Å². The molecule has 2 aliphatic heterocycles. The Labute approximate surface area is 195 Å². The molecule has 6 rings (SSSR count). The van der Waals surface area contributed by atoms with Crippen LogP contribution in [0, 0.1) is 0 Å². The molecule has 1 atom stereocenters. The van der Waals surface area contributed by atoms with Crippen LogP contribution in [0.5, 0.6) is 17.2 Å². The number of nitrogens with one attached hydrogen (secondary N) is 1. The quantitative estimate of drug-likeness (QED) is 0.468. The Morgan fingerprint density at radius 2 is 1.85 bits per heavy atom. The van der Waals surface area contributed by atoms with Gasteiger partial charge in [0.1, 0.15) is 11.8 Å². The lowest BCUT2D eigenvalue weighted by Gasteiger charge is -2.26. The molecule has 2 aliphatic rings. The van der Waals surface area contributed by atoms with Gasteiger partial charge in [-0.25, -0.2) is 4.68 Å². The molecule has 4 aromatic rings. The molecule has 2 aromatic heterocycles. The molecule has 0 aliphatic carbocycles. The Hall–Kier alpha value is -3.92. The number of nitrogens with zero attached hydrogens (tertiary/aromatic N) is 5. The van der Waals surface area contributed by atoms with Crippen LogP contribution in [0.15, 0.2) is 47.3 Å². The fourth-order valence-corrected chi connectivity index (χ4v) is 4.74. The molecule has 0 amide bonds. The van der Waals surface area contributed by atoms with E-state index in [1.165, 1.54) is 0 Å². The highest BCUT2D eigenvalue weighted by molar-refractivity contribution is 5.83. The van der Waals surface area contributed by atoms with Gasteiger partial charge in [-0.3, -0.25) is 9.69 Å². The fraction of sp³-hybridized carbons (Fsp3) is 0.333. The first-order chi connectivity index (χ1) is 16.7. The number of aromatic amines is 1. The largest absolute Gasteiger partial charge is 0.497 e. The van der Waals surface area contributed by atoms with Crippen molar-refractivity contribution in [3.63, 3.8) is 0 Å². The van der Waals surface area contributed by atoms with Crippen LogP contribution in [-0.4, -0.2) is 57.1 Å². The third-order valence-electron chi connectivity index (χ3n) is 6.46. The smallest absolute Gasteiger partial charge is 0.253 e. The van der Waals surface area contributed by atoms with Gasteiger partial charge in [0.05, 0.1) is 19.2 Å². The van der Waals surface area contributed by atoms with Crippen molar-refractivity contribution in [3.8, 4) is 17.2 Å². The average molecular weight is 460 g/mol. The van der Waals surface area contributed by atoms with E-state index >= 15 is 0 Å². The number of rotatable bonds is 6. The molecule has 1 saturated heterocycles. The minimum Gasteiger partial charge on any atom is -0.497 e. The first-order valence-corrected chi connectivity index (χ1v) is 11.3. The van der Waals surface area contributed by atoms with E-state index < -0.39 is 0 Å². The normalized spacial score (nSPS) is 16.3. The Morgan fingerprint density at radius 3 is 2.62 bits per heavy atom. The number of methoxy groups -OCH3 is 1. The van der Waals surface area contributed by atoms with Crippen molar-refractivity contribution in [3.05, 3.63) is 69.8 Å². The van der Waals surface area contributed by atoms with Crippen LogP contribution in [0.1, 0.15) is 35.8 Å². The second-order valence-electron chi connectivity index (χ2n) is 8.53. The maximum absolute atomic E-state index is 13.3. The number of hydrogen-bond acceptors (Lipinski definition) is 8. The predicted octanol–water partition coefficient (Wildman–Crippen LogP) is 2.49. The van der Waals surface area contributed by atoms with Crippen molar-refractivity contribution in [2.75, 3.05) is 27.0 Å². The Balaban J connectivity index is 1.43. The van der Waals surface area contributed by atoms with Gasteiger partial charge in [-0.05, 0) is 66.2 Å². The molecule has 4 heterocycles. The monoisotopic (exact) mass is 460 g/mol. The van der Waals surface area contributed by atoms with Gasteiger partial charge in [-0.2, -0.15) is 0 Å². The maximum Gasteiger partial charge on any atom is 0.253 e. The Kier molecular flexibility index (Phi) is 5.14. The minimum atomic E-state index is -0.366. The first kappa shape index (κ1) is 20.7. The highest BCUT2D eigenvalue weighted by Gasteiger charge is 2.32. The average Bonchev–Trinajstić information content (AvgIpc) is 3.62. The van der Waals surface area contributed by atoms with Gasteiger partial charge in [0.2, 0.25) is 6.79 Å². The van der Waals surface area contributed by atoms with Gasteiger partial charge in [0.25, 0.3) is 5.56 Å². The predicted molar refractivity (Wildman–Crippen MR) is 123 cm³/mol. The van der Waals surface area contributed by atoms with Crippen LogP contribution in [0.25, 0.3) is 10.9 Å². The number of benzene rings is 2. The third-order valence-corrected chi connectivity index (χ3v) is 6.46. The van der Waals surface area contributed by atoms with Crippen LogP contribution in [0.2, 0.25) is 0 Å². The lowest BCUT2D eigenvalue weighted by molar-refractivity contribution is 0.174. The first-order valence-electron chi connectivity index (χ1n) is 11.3. The second kappa shape index (κ2) is 8.45. The molecule has 34 heavy (non-hydrogen) atoms. The lowest BCUT2D eigenvalue weighted by atomic mass is 10.0. The van der Waals surface area contributed by atoms with Gasteiger partial charge in [0.15, 0.2) is 17.3 Å². The van der Waals surface area contributed by atoms with Crippen LogP contribution in [0.4, 0.5) is 0 Å². The molecular weight excluding hydrogens is 436 g/mol. The molecule has 0 spiro atoms. The van der Waals surface area contributed by atoms with Crippen molar-refractivity contribution in [2.24, 2.45) is 0 Å². The van der Waals surface area contributed by atoms with Gasteiger partial charge < -0.3 is 19.2 Å². The summed E-state index contributed by atoms with van der Waals surface area (Å²) in [4.78, 5) is 18.6. The minimum absolute atomic E-state index is 0.165. The molecule has 1 N–H and O–H groups in total. The molecule has 1 unspecified atom stereocenters. The molecule has 1 fully saturated rings. The number of likely N-dealkylation sites (tertiary alicyclic amines) is 1. The molecule has 0 radical (unpaired) electrons. The molecule has 0 bridgehead atoms. The number of fused-ring (bicyclic) bond motifs is 2. The van der Waals surface area contributed by atoms with Crippen molar-refractivity contribution >= 4 is 10.9 Å². The van der Waals surface area contributed by atoms with Crippen LogP contribution >= 0.6 is 0 Å². The van der Waals surface area contributed by atoms with E-state index in [1.54, 1.807) is 17.9 Å². The molecule has 174 valence electrons. The van der Waals surface area contributed by atoms with E-state index in [0.29, 0.717) is 34.9 Å². The van der Waals surface area contributed by atoms with Crippen molar-refractivity contribution in [1.82, 2.24) is 30.1 Å². The second-order valence-corrected chi connectivity index (χ2v) is 8.53. The summed E-state index contributed by atoms with van der Waals surface area (Å²) in [5, 5.41) is 13.5. The number of pyridine rings is 1. The van der Waals surface area contributed by atoms with E-state index in [1.807, 2.05) is 36.4 Å². The summed E-state index contributed by atoms with van der Waals surface area (Å²) in [5.41, 5.74) is 2.19. The van der Waals surface area contributed by atoms with Crippen molar-refractivity contribution in [2.45, 2.75) is 25.4 Å². The summed E-state index contributed by atoms with van der Waals surface area (Å²) in [6.45, 7) is 2.41. The Bertz CT molecular complexity index is 1390. The SMILES string of the molecule is COc1ccc(Cn2nnnc2C(c2cc3cc4c(cc3[nH]c2=O)OCO4)N2CCCC2)cc1. The molecular formula is C24H24N6O4. The number of aromatic nitrogens is 5. The molecule has 10 heteroatoms. The van der Waals surface area contributed by atoms with Crippen LogP contribution in [-0.2, 0) is 6.54 Å².